The molecule has 1 N–H and O–H groups in total. The Balaban J connectivity index is 1.76. The van der Waals surface area contributed by atoms with E-state index >= 15 is 0 Å². The van der Waals surface area contributed by atoms with Gasteiger partial charge in [0.2, 0.25) is 0 Å². The highest BCUT2D eigenvalue weighted by Crippen LogP contribution is 2.38. The van der Waals surface area contributed by atoms with Gasteiger partial charge in [-0.15, -0.1) is 0 Å². The van der Waals surface area contributed by atoms with E-state index in [9.17, 15) is 5.11 Å². The molecule has 1 aliphatic heterocycles. The zero-order valence-corrected chi connectivity index (χ0v) is 18.1. The lowest BCUT2D eigenvalue weighted by molar-refractivity contribution is 0.0107. The number of unbranched alkanes of at least 4 members (excludes halogenated alkanes) is 2. The molecule has 1 heterocycles. The van der Waals surface area contributed by atoms with Crippen LogP contribution in [0.2, 0.25) is 0 Å². The van der Waals surface area contributed by atoms with Gasteiger partial charge >= 0.3 is 0 Å². The minimum atomic E-state index is -0.945. The number of hydrogen-bond donors (Lipinski definition) is 1. The molecule has 1 aliphatic rings. The van der Waals surface area contributed by atoms with Crippen molar-refractivity contribution in [2.45, 2.75) is 63.9 Å². The Morgan fingerprint density at radius 2 is 1.66 bits per heavy atom. The normalized spacial score (nSPS) is 18.2. The molecule has 0 bridgehead atoms. The van der Waals surface area contributed by atoms with E-state index in [4.69, 9.17) is 4.74 Å². The van der Waals surface area contributed by atoms with Crippen LogP contribution in [0.5, 0.6) is 5.75 Å². The zero-order valence-electron chi connectivity index (χ0n) is 18.1. The molecule has 0 amide bonds. The highest BCUT2D eigenvalue weighted by molar-refractivity contribution is 5.35. The molecule has 0 radical (unpaired) electrons. The van der Waals surface area contributed by atoms with Crippen molar-refractivity contribution in [2.24, 2.45) is 0 Å². The first-order valence-electron chi connectivity index (χ1n) is 11.3. The molecule has 1 fully saturated rings. The lowest BCUT2D eigenvalue weighted by Gasteiger charge is -2.38. The number of benzene rings is 2. The smallest absolute Gasteiger partial charge is 0.119 e. The van der Waals surface area contributed by atoms with Crippen LogP contribution in [0, 0.1) is 0 Å². The van der Waals surface area contributed by atoms with E-state index in [-0.39, 0.29) is 5.92 Å². The number of likely N-dealkylation sites (tertiary alicyclic amines) is 1. The molecule has 3 rings (SSSR count). The standard InChI is InChI=1S/C26H37NO2/c1-3-4-11-20-29-24-16-14-23(15-17-24)26(2,28)25(22-12-7-5-8-13-22)21-27-18-9-6-10-19-27/h5,7-8,12-17,25,28H,3-4,6,9-11,18-21H2,1-2H3. The third-order valence-corrected chi connectivity index (χ3v) is 6.23. The van der Waals surface area contributed by atoms with Crippen molar-refractivity contribution in [3.05, 3.63) is 65.7 Å². The molecule has 29 heavy (non-hydrogen) atoms. The molecule has 0 aliphatic carbocycles. The van der Waals surface area contributed by atoms with Gasteiger partial charge in [-0.2, -0.15) is 0 Å². The molecule has 2 unspecified atom stereocenters. The second kappa shape index (κ2) is 10.8. The van der Waals surface area contributed by atoms with E-state index in [0.717, 1.165) is 44.0 Å². The Labute approximate surface area is 176 Å². The van der Waals surface area contributed by atoms with Crippen LogP contribution in [0.1, 0.15) is 69.4 Å². The van der Waals surface area contributed by atoms with Crippen LogP contribution in [0.15, 0.2) is 54.6 Å². The minimum absolute atomic E-state index is 0.0260. The molecule has 3 heteroatoms. The van der Waals surface area contributed by atoms with Crippen molar-refractivity contribution in [2.75, 3.05) is 26.2 Å². The van der Waals surface area contributed by atoms with E-state index in [0.29, 0.717) is 0 Å². The number of piperidine rings is 1. The van der Waals surface area contributed by atoms with E-state index in [1.165, 1.54) is 37.7 Å². The maximum Gasteiger partial charge on any atom is 0.119 e. The first-order chi connectivity index (χ1) is 14.1. The Bertz CT molecular complexity index is 705. The third kappa shape index (κ3) is 6.07. The van der Waals surface area contributed by atoms with Crippen molar-refractivity contribution in [1.82, 2.24) is 4.90 Å². The summed E-state index contributed by atoms with van der Waals surface area (Å²) in [5, 5.41) is 11.7. The average molecular weight is 396 g/mol. The highest BCUT2D eigenvalue weighted by atomic mass is 16.5. The van der Waals surface area contributed by atoms with Gasteiger partial charge in [0.1, 0.15) is 5.75 Å². The van der Waals surface area contributed by atoms with Crippen LogP contribution < -0.4 is 4.74 Å². The summed E-state index contributed by atoms with van der Waals surface area (Å²) in [5.41, 5.74) is 1.20. The van der Waals surface area contributed by atoms with E-state index < -0.39 is 5.60 Å². The zero-order chi connectivity index (χ0) is 20.5. The fraction of sp³-hybridized carbons (Fsp3) is 0.538. The van der Waals surface area contributed by atoms with Gasteiger partial charge in [0, 0.05) is 12.5 Å². The van der Waals surface area contributed by atoms with Crippen LogP contribution in [-0.4, -0.2) is 36.2 Å². The van der Waals surface area contributed by atoms with Crippen molar-refractivity contribution in [3.8, 4) is 5.75 Å². The fourth-order valence-electron chi connectivity index (χ4n) is 4.33. The van der Waals surface area contributed by atoms with Crippen LogP contribution >= 0.6 is 0 Å². The van der Waals surface area contributed by atoms with Gasteiger partial charge in [-0.1, -0.05) is 68.7 Å². The molecular formula is C26H37NO2. The number of ether oxygens (including phenoxy) is 1. The second-order valence-electron chi connectivity index (χ2n) is 8.55. The van der Waals surface area contributed by atoms with E-state index in [1.807, 2.05) is 37.3 Å². The van der Waals surface area contributed by atoms with Crippen LogP contribution in [0.4, 0.5) is 0 Å². The van der Waals surface area contributed by atoms with Gasteiger partial charge in [-0.05, 0) is 62.5 Å². The average Bonchev–Trinajstić information content (AvgIpc) is 2.77. The Kier molecular flexibility index (Phi) is 8.14. The predicted octanol–water partition coefficient (Wildman–Crippen LogP) is 5.73. The first kappa shape index (κ1) is 21.9. The molecule has 3 nitrogen and oxygen atoms in total. The SMILES string of the molecule is CCCCCOc1ccc(C(C)(O)C(CN2CCCCC2)c2ccccc2)cc1. The molecule has 2 atom stereocenters. The molecule has 158 valence electrons. The Hall–Kier alpha value is -1.84. The number of rotatable bonds is 10. The monoisotopic (exact) mass is 395 g/mol. The van der Waals surface area contributed by atoms with Gasteiger partial charge in [0.15, 0.2) is 0 Å². The molecule has 0 saturated carbocycles. The number of aliphatic hydroxyl groups is 1. The summed E-state index contributed by atoms with van der Waals surface area (Å²) in [4.78, 5) is 2.51. The predicted molar refractivity (Wildman–Crippen MR) is 121 cm³/mol. The summed E-state index contributed by atoms with van der Waals surface area (Å²) in [6.07, 6.45) is 7.32. The quantitative estimate of drug-likeness (QED) is 0.521. The topological polar surface area (TPSA) is 32.7 Å². The molecule has 0 spiro atoms. The summed E-state index contributed by atoms with van der Waals surface area (Å²) in [7, 11) is 0. The maximum absolute atomic E-state index is 11.7. The Morgan fingerprint density at radius 1 is 0.966 bits per heavy atom. The highest BCUT2D eigenvalue weighted by Gasteiger charge is 2.36. The molecule has 2 aromatic rings. The molecule has 0 aromatic heterocycles. The van der Waals surface area contributed by atoms with E-state index in [2.05, 4.69) is 36.1 Å². The van der Waals surface area contributed by atoms with Crippen molar-refractivity contribution < 1.29 is 9.84 Å². The van der Waals surface area contributed by atoms with Gasteiger partial charge < -0.3 is 14.7 Å². The first-order valence-corrected chi connectivity index (χ1v) is 11.3. The molecular weight excluding hydrogens is 358 g/mol. The van der Waals surface area contributed by atoms with Gasteiger partial charge in [-0.3, -0.25) is 0 Å². The summed E-state index contributed by atoms with van der Waals surface area (Å²) in [5.74, 6) is 0.908. The second-order valence-corrected chi connectivity index (χ2v) is 8.55. The summed E-state index contributed by atoms with van der Waals surface area (Å²) in [6.45, 7) is 8.06. The van der Waals surface area contributed by atoms with Crippen molar-refractivity contribution in [1.29, 1.82) is 0 Å². The fourth-order valence-corrected chi connectivity index (χ4v) is 4.33. The van der Waals surface area contributed by atoms with Gasteiger partial charge in [0.05, 0.1) is 12.2 Å². The van der Waals surface area contributed by atoms with Crippen molar-refractivity contribution in [3.63, 3.8) is 0 Å². The van der Waals surface area contributed by atoms with Crippen LogP contribution in [-0.2, 0) is 5.60 Å². The maximum atomic E-state index is 11.7. The number of nitrogens with zero attached hydrogens (tertiary/aromatic N) is 1. The molecule has 1 saturated heterocycles. The van der Waals surface area contributed by atoms with Crippen LogP contribution in [0.3, 0.4) is 0 Å². The van der Waals surface area contributed by atoms with Gasteiger partial charge in [0.25, 0.3) is 0 Å². The van der Waals surface area contributed by atoms with Crippen LogP contribution in [0.25, 0.3) is 0 Å². The third-order valence-electron chi connectivity index (χ3n) is 6.23. The minimum Gasteiger partial charge on any atom is -0.494 e. The summed E-state index contributed by atoms with van der Waals surface area (Å²) in [6, 6.07) is 18.5. The van der Waals surface area contributed by atoms with E-state index in [1.54, 1.807) is 0 Å². The summed E-state index contributed by atoms with van der Waals surface area (Å²) < 4.78 is 5.85. The largest absolute Gasteiger partial charge is 0.494 e. The lowest BCUT2D eigenvalue weighted by atomic mass is 9.78. The van der Waals surface area contributed by atoms with Gasteiger partial charge in [-0.25, -0.2) is 0 Å². The molecule has 2 aromatic carbocycles. The Morgan fingerprint density at radius 3 is 2.31 bits per heavy atom. The lowest BCUT2D eigenvalue weighted by Crippen LogP contribution is -2.41. The summed E-state index contributed by atoms with van der Waals surface area (Å²) >= 11 is 0. The number of hydrogen-bond acceptors (Lipinski definition) is 3. The van der Waals surface area contributed by atoms with Crippen molar-refractivity contribution >= 4 is 0 Å².